The largest absolute Gasteiger partial charge is 0.293 e. The summed E-state index contributed by atoms with van der Waals surface area (Å²) in [6, 6.07) is 14.3. The third-order valence-corrected chi connectivity index (χ3v) is 6.60. The Kier molecular flexibility index (Phi) is 3.60. The molecule has 0 radical (unpaired) electrons. The first kappa shape index (κ1) is 15.1. The van der Waals surface area contributed by atoms with E-state index in [-0.39, 0.29) is 5.78 Å². The van der Waals surface area contributed by atoms with Gasteiger partial charge in [-0.05, 0) is 48.6 Å². The van der Waals surface area contributed by atoms with E-state index in [0.29, 0.717) is 5.75 Å². The maximum atomic E-state index is 12.6. The highest BCUT2D eigenvalue weighted by molar-refractivity contribution is 7.99. The first-order valence-corrected chi connectivity index (χ1v) is 10.1. The second kappa shape index (κ2) is 5.97. The molecule has 0 aliphatic heterocycles. The van der Waals surface area contributed by atoms with E-state index < -0.39 is 0 Å². The summed E-state index contributed by atoms with van der Waals surface area (Å²) in [6.45, 7) is 0. The molecular formula is C19H15N3OS2. The highest BCUT2D eigenvalue weighted by atomic mass is 32.2. The first-order chi connectivity index (χ1) is 12.3. The molecule has 2 aromatic carbocycles. The van der Waals surface area contributed by atoms with Gasteiger partial charge in [0.25, 0.3) is 0 Å². The Morgan fingerprint density at radius 2 is 2.00 bits per heavy atom. The smallest absolute Gasteiger partial charge is 0.217 e. The van der Waals surface area contributed by atoms with E-state index in [4.69, 9.17) is 0 Å². The van der Waals surface area contributed by atoms with Gasteiger partial charge in [-0.15, -0.1) is 10.2 Å². The predicted octanol–water partition coefficient (Wildman–Crippen LogP) is 4.41. The number of thioether (sulfide) groups is 1. The fraction of sp³-hybridized carbons (Fsp3) is 0.211. The lowest BCUT2D eigenvalue weighted by Crippen LogP contribution is -2.04. The molecule has 2 aromatic heterocycles. The van der Waals surface area contributed by atoms with Crippen LogP contribution in [-0.4, -0.2) is 26.1 Å². The molecule has 25 heavy (non-hydrogen) atoms. The van der Waals surface area contributed by atoms with Gasteiger partial charge in [0.15, 0.2) is 10.9 Å². The number of hydrogen-bond donors (Lipinski definition) is 0. The minimum absolute atomic E-state index is 0.149. The zero-order valence-electron chi connectivity index (χ0n) is 13.4. The molecule has 2 heterocycles. The summed E-state index contributed by atoms with van der Waals surface area (Å²) in [7, 11) is 0. The molecular weight excluding hydrogens is 350 g/mol. The van der Waals surface area contributed by atoms with Crippen LogP contribution in [0, 0.1) is 0 Å². The number of benzene rings is 2. The Labute approximate surface area is 152 Å². The van der Waals surface area contributed by atoms with Gasteiger partial charge in [-0.2, -0.15) is 0 Å². The maximum Gasteiger partial charge on any atom is 0.217 e. The van der Waals surface area contributed by atoms with Gasteiger partial charge in [-0.1, -0.05) is 47.4 Å². The summed E-state index contributed by atoms with van der Waals surface area (Å²) >= 11 is 3.08. The number of hydrogen-bond acceptors (Lipinski definition) is 5. The predicted molar refractivity (Wildman–Crippen MR) is 102 cm³/mol. The number of carbonyl (C=O) groups excluding carboxylic acids is 1. The molecule has 0 atom stereocenters. The number of Topliss-reactive ketones (excluding diaryl/α,β-unsaturated/α-hetero) is 1. The van der Waals surface area contributed by atoms with Crippen molar-refractivity contribution < 1.29 is 4.79 Å². The maximum absolute atomic E-state index is 12.6. The van der Waals surface area contributed by atoms with Crippen molar-refractivity contribution in [3.05, 3.63) is 59.2 Å². The van der Waals surface area contributed by atoms with Crippen LogP contribution in [0.15, 0.2) is 47.6 Å². The molecule has 0 N–H and O–H groups in total. The Morgan fingerprint density at radius 3 is 2.96 bits per heavy atom. The molecule has 0 bridgehead atoms. The Hall–Kier alpha value is -2.18. The lowest BCUT2D eigenvalue weighted by molar-refractivity contribution is 0.102. The number of aromatic nitrogens is 3. The van der Waals surface area contributed by atoms with Crippen molar-refractivity contribution >= 4 is 44.1 Å². The van der Waals surface area contributed by atoms with Crippen molar-refractivity contribution in [1.29, 1.82) is 0 Å². The number of carbonyl (C=O) groups is 1. The fourth-order valence-electron chi connectivity index (χ4n) is 3.41. The van der Waals surface area contributed by atoms with Crippen molar-refractivity contribution in [3.63, 3.8) is 0 Å². The van der Waals surface area contributed by atoms with Crippen LogP contribution in [0.3, 0.4) is 0 Å². The van der Waals surface area contributed by atoms with Gasteiger partial charge < -0.3 is 0 Å². The molecule has 4 aromatic rings. The van der Waals surface area contributed by atoms with Crippen LogP contribution in [0.1, 0.15) is 27.9 Å². The average Bonchev–Trinajstić information content (AvgIpc) is 3.33. The molecule has 6 heteroatoms. The van der Waals surface area contributed by atoms with Crippen molar-refractivity contribution in [2.45, 2.75) is 24.4 Å². The normalized spacial score (nSPS) is 13.6. The highest BCUT2D eigenvalue weighted by Crippen LogP contribution is 2.30. The fourth-order valence-corrected chi connectivity index (χ4v) is 5.27. The molecule has 1 aliphatic carbocycles. The van der Waals surface area contributed by atoms with Crippen LogP contribution in [0.2, 0.25) is 0 Å². The minimum Gasteiger partial charge on any atom is -0.293 e. The quantitative estimate of drug-likeness (QED) is 0.397. The van der Waals surface area contributed by atoms with E-state index in [1.165, 1.54) is 34.0 Å². The Morgan fingerprint density at radius 1 is 1.12 bits per heavy atom. The van der Waals surface area contributed by atoms with E-state index >= 15 is 0 Å². The number of ketones is 1. The van der Waals surface area contributed by atoms with E-state index in [2.05, 4.69) is 34.5 Å². The standard InChI is InChI=1S/C19H15N3OS2/c23-16(14-9-8-12-4-3-5-13(12)10-14)11-24-18-20-21-19-22(18)15-6-1-2-7-17(15)25-19/h1-2,6-10H,3-5,11H2. The molecule has 0 unspecified atom stereocenters. The number of aryl methyl sites for hydroxylation is 2. The zero-order valence-corrected chi connectivity index (χ0v) is 15.1. The summed E-state index contributed by atoms with van der Waals surface area (Å²) < 4.78 is 3.22. The molecule has 0 saturated heterocycles. The number of thiazole rings is 1. The van der Waals surface area contributed by atoms with Gasteiger partial charge in [0.05, 0.1) is 16.0 Å². The van der Waals surface area contributed by atoms with Gasteiger partial charge in [-0.3, -0.25) is 9.20 Å². The van der Waals surface area contributed by atoms with Crippen LogP contribution < -0.4 is 0 Å². The molecule has 5 rings (SSSR count). The van der Waals surface area contributed by atoms with Gasteiger partial charge in [-0.25, -0.2) is 0 Å². The summed E-state index contributed by atoms with van der Waals surface area (Å²) in [5, 5.41) is 9.30. The van der Waals surface area contributed by atoms with Crippen LogP contribution in [0.25, 0.3) is 15.2 Å². The summed E-state index contributed by atoms with van der Waals surface area (Å²) in [4.78, 5) is 13.5. The minimum atomic E-state index is 0.149. The van der Waals surface area contributed by atoms with E-state index in [0.717, 1.165) is 34.0 Å². The first-order valence-electron chi connectivity index (χ1n) is 8.30. The molecule has 0 spiro atoms. The molecule has 0 saturated carbocycles. The lowest BCUT2D eigenvalue weighted by Gasteiger charge is -2.04. The van der Waals surface area contributed by atoms with Crippen molar-refractivity contribution in [3.8, 4) is 0 Å². The van der Waals surface area contributed by atoms with Crippen LogP contribution in [0.4, 0.5) is 0 Å². The Balaban J connectivity index is 1.41. The topological polar surface area (TPSA) is 47.3 Å². The average molecular weight is 365 g/mol. The number of nitrogens with zero attached hydrogens (tertiary/aromatic N) is 3. The molecule has 1 aliphatic rings. The lowest BCUT2D eigenvalue weighted by atomic mass is 10.0. The number of rotatable bonds is 4. The summed E-state index contributed by atoms with van der Waals surface area (Å²) in [6.07, 6.45) is 3.43. The SMILES string of the molecule is O=C(CSc1nnc2sc3ccccc3n12)c1ccc2c(c1)CCC2. The van der Waals surface area contributed by atoms with Gasteiger partial charge in [0.1, 0.15) is 0 Å². The summed E-state index contributed by atoms with van der Waals surface area (Å²) in [5.41, 5.74) is 4.64. The summed E-state index contributed by atoms with van der Waals surface area (Å²) in [5.74, 6) is 0.528. The van der Waals surface area contributed by atoms with Gasteiger partial charge in [0.2, 0.25) is 4.96 Å². The second-order valence-electron chi connectivity index (χ2n) is 6.22. The van der Waals surface area contributed by atoms with Crippen LogP contribution in [-0.2, 0) is 12.8 Å². The number of para-hydroxylation sites is 1. The van der Waals surface area contributed by atoms with Crippen LogP contribution >= 0.6 is 23.1 Å². The molecule has 124 valence electrons. The van der Waals surface area contributed by atoms with Gasteiger partial charge in [0, 0.05) is 5.56 Å². The monoisotopic (exact) mass is 365 g/mol. The van der Waals surface area contributed by atoms with E-state index in [1.807, 2.05) is 22.6 Å². The zero-order chi connectivity index (χ0) is 16.8. The molecule has 0 fully saturated rings. The third-order valence-electron chi connectivity index (χ3n) is 4.66. The third kappa shape index (κ3) is 2.56. The number of fused-ring (bicyclic) bond motifs is 4. The van der Waals surface area contributed by atoms with Crippen LogP contribution in [0.5, 0.6) is 0 Å². The Bertz CT molecular complexity index is 1110. The molecule has 4 nitrogen and oxygen atoms in total. The van der Waals surface area contributed by atoms with Crippen molar-refractivity contribution in [2.75, 3.05) is 5.75 Å². The second-order valence-corrected chi connectivity index (χ2v) is 8.17. The van der Waals surface area contributed by atoms with Crippen molar-refractivity contribution in [2.24, 2.45) is 0 Å². The highest BCUT2D eigenvalue weighted by Gasteiger charge is 2.17. The molecule has 0 amide bonds. The van der Waals surface area contributed by atoms with Crippen molar-refractivity contribution in [1.82, 2.24) is 14.6 Å². The van der Waals surface area contributed by atoms with E-state index in [9.17, 15) is 4.79 Å². The van der Waals surface area contributed by atoms with Gasteiger partial charge >= 0.3 is 0 Å². The van der Waals surface area contributed by atoms with E-state index in [1.54, 1.807) is 11.3 Å².